The van der Waals surface area contributed by atoms with Crippen LogP contribution in [-0.4, -0.2) is 21.8 Å². The van der Waals surface area contributed by atoms with Crippen molar-refractivity contribution in [2.24, 2.45) is 0 Å². The fourth-order valence-electron chi connectivity index (χ4n) is 0.134. The van der Waals surface area contributed by atoms with Gasteiger partial charge in [-0.2, -0.15) is 0 Å². The van der Waals surface area contributed by atoms with Gasteiger partial charge in [0.2, 0.25) is 0 Å². The van der Waals surface area contributed by atoms with Crippen LogP contribution in [0.25, 0.3) is 0 Å². The molecule has 0 fully saturated rings. The Morgan fingerprint density at radius 2 is 2.00 bits per heavy atom. The highest BCUT2D eigenvalue weighted by atomic mass is 127. The van der Waals surface area contributed by atoms with Gasteiger partial charge in [0.15, 0.2) is 0 Å². The van der Waals surface area contributed by atoms with Crippen molar-refractivity contribution in [3.8, 4) is 0 Å². The van der Waals surface area contributed by atoms with Crippen LogP contribution < -0.4 is 0 Å². The van der Waals surface area contributed by atoms with E-state index >= 15 is 0 Å². The molecular formula is C4H9AlI. The van der Waals surface area contributed by atoms with E-state index in [-0.39, 0.29) is 17.4 Å². The normalized spacial score (nSPS) is 7.00. The lowest BCUT2D eigenvalue weighted by molar-refractivity contribution is 0.907. The maximum Gasteiger partial charge on any atom is 0 e. The zero-order valence-corrected chi connectivity index (χ0v) is 7.39. The molecule has 0 unspecified atom stereocenters. The molecule has 0 rings (SSSR count). The Morgan fingerprint density at radius 1 is 1.50 bits per heavy atom. The topological polar surface area (TPSA) is 0 Å². The zero-order chi connectivity index (χ0) is 4.12. The van der Waals surface area contributed by atoms with Crippen molar-refractivity contribution in [1.29, 1.82) is 0 Å². The molecule has 0 heterocycles. The molecule has 2 heteroatoms. The van der Waals surface area contributed by atoms with Gasteiger partial charge in [-0.05, 0) is 10.8 Å². The van der Waals surface area contributed by atoms with Crippen LogP contribution in [0, 0.1) is 0 Å². The molecule has 6 heavy (non-hydrogen) atoms. The van der Waals surface area contributed by atoms with E-state index in [0.29, 0.717) is 0 Å². The molecule has 0 bridgehead atoms. The van der Waals surface area contributed by atoms with E-state index in [1.165, 1.54) is 17.3 Å². The van der Waals surface area contributed by atoms with Gasteiger partial charge in [-0.1, -0.05) is 35.9 Å². The third-order valence-electron chi connectivity index (χ3n) is 0.487. The van der Waals surface area contributed by atoms with E-state index in [0.717, 1.165) is 0 Å². The molecule has 0 aliphatic heterocycles. The number of rotatable bonds is 2. The number of halogens is 1. The summed E-state index contributed by atoms with van der Waals surface area (Å²) in [7, 11) is 0. The van der Waals surface area contributed by atoms with Gasteiger partial charge < -0.3 is 0 Å². The molecule has 3 radical (unpaired) electrons. The third kappa shape index (κ3) is 8.98. The van der Waals surface area contributed by atoms with Crippen LogP contribution in [0.15, 0.2) is 0 Å². The molecule has 0 amide bonds. The lowest BCUT2D eigenvalue weighted by atomic mass is 10.4. The second-order valence-electron chi connectivity index (χ2n) is 1.04. The van der Waals surface area contributed by atoms with E-state index in [4.69, 9.17) is 0 Å². The van der Waals surface area contributed by atoms with Crippen LogP contribution in [-0.2, 0) is 0 Å². The summed E-state index contributed by atoms with van der Waals surface area (Å²) in [6, 6.07) is 0. The molecule has 0 N–H and O–H groups in total. The average molecular weight is 211 g/mol. The monoisotopic (exact) mass is 211 g/mol. The van der Waals surface area contributed by atoms with Crippen LogP contribution in [0.3, 0.4) is 0 Å². The maximum absolute atomic E-state index is 2.39. The van der Waals surface area contributed by atoms with Gasteiger partial charge in [0, 0.05) is 17.4 Å². The van der Waals surface area contributed by atoms with Gasteiger partial charge in [0.1, 0.15) is 0 Å². The van der Waals surface area contributed by atoms with Crippen molar-refractivity contribution in [1.82, 2.24) is 0 Å². The minimum atomic E-state index is 0. The lowest BCUT2D eigenvalue weighted by Crippen LogP contribution is -1.64. The number of unbranched alkanes of at least 4 members (excludes halogenated alkanes) is 1. The molecule has 0 nitrogen and oxygen atoms in total. The summed E-state index contributed by atoms with van der Waals surface area (Å²) in [5.41, 5.74) is 0. The van der Waals surface area contributed by atoms with E-state index in [2.05, 4.69) is 29.5 Å². The average Bonchev–Trinajstić information content (AvgIpc) is 1.41. The Labute approximate surface area is 64.0 Å². The van der Waals surface area contributed by atoms with Gasteiger partial charge in [-0.3, -0.25) is 0 Å². The van der Waals surface area contributed by atoms with Gasteiger partial charge in [0.25, 0.3) is 0 Å². The van der Waals surface area contributed by atoms with E-state index < -0.39 is 0 Å². The van der Waals surface area contributed by atoms with Crippen LogP contribution >= 0.6 is 22.6 Å². The quantitative estimate of drug-likeness (QED) is 0.371. The molecule has 0 aliphatic carbocycles. The summed E-state index contributed by atoms with van der Waals surface area (Å²) < 4.78 is 1.31. The van der Waals surface area contributed by atoms with Crippen LogP contribution in [0.5, 0.6) is 0 Å². The fourth-order valence-corrected chi connectivity index (χ4v) is 0.896. The predicted octanol–water partition coefficient (Wildman–Crippen LogP) is 1.84. The highest BCUT2D eigenvalue weighted by molar-refractivity contribution is 14.1. The number of hydrogen-bond acceptors (Lipinski definition) is 0. The zero-order valence-electron chi connectivity index (χ0n) is 4.08. The molecule has 0 saturated carbocycles. The molecule has 35 valence electrons. The molecule has 0 aromatic heterocycles. The highest BCUT2D eigenvalue weighted by Gasteiger charge is 1.69. The van der Waals surface area contributed by atoms with Gasteiger partial charge in [0.05, 0.1) is 0 Å². The SMILES string of the molecule is CCCCI.[Al]. The first kappa shape index (κ1) is 10.3. The van der Waals surface area contributed by atoms with E-state index in [1.54, 1.807) is 0 Å². The predicted molar refractivity (Wildman–Crippen MR) is 39.5 cm³/mol. The molecule has 0 saturated heterocycles. The third-order valence-corrected chi connectivity index (χ3v) is 1.25. The first-order valence-electron chi connectivity index (χ1n) is 1.97. The van der Waals surface area contributed by atoms with Crippen molar-refractivity contribution >= 4 is 40.0 Å². The summed E-state index contributed by atoms with van der Waals surface area (Å²) in [5.74, 6) is 0. The van der Waals surface area contributed by atoms with Gasteiger partial charge in [-0.15, -0.1) is 0 Å². The van der Waals surface area contributed by atoms with Crippen molar-refractivity contribution in [3.63, 3.8) is 0 Å². The Morgan fingerprint density at radius 3 is 2.00 bits per heavy atom. The fraction of sp³-hybridized carbons (Fsp3) is 1.00. The lowest BCUT2D eigenvalue weighted by Gasteiger charge is -1.77. The second-order valence-corrected chi connectivity index (χ2v) is 2.12. The van der Waals surface area contributed by atoms with E-state index in [9.17, 15) is 0 Å². The molecule has 0 atom stereocenters. The highest BCUT2D eigenvalue weighted by Crippen LogP contribution is 1.90. The summed E-state index contributed by atoms with van der Waals surface area (Å²) in [6.45, 7) is 2.21. The Bertz CT molecular complexity index is 15.0. The minimum absolute atomic E-state index is 0. The molecular weight excluding hydrogens is 202 g/mol. The Hall–Kier alpha value is 1.26. The molecule has 0 spiro atoms. The Kier molecular flexibility index (Phi) is 16.4. The van der Waals surface area contributed by atoms with Gasteiger partial charge >= 0.3 is 0 Å². The molecule has 0 aromatic rings. The summed E-state index contributed by atoms with van der Waals surface area (Å²) in [5, 5.41) is 0. The molecule has 0 aromatic carbocycles. The largest absolute Gasteiger partial charge is 0.0864 e. The smallest absolute Gasteiger partial charge is 0 e. The Balaban J connectivity index is 0. The van der Waals surface area contributed by atoms with Crippen LogP contribution in [0.2, 0.25) is 0 Å². The number of alkyl halides is 1. The first-order chi connectivity index (χ1) is 2.41. The van der Waals surface area contributed by atoms with Crippen molar-refractivity contribution in [2.45, 2.75) is 19.8 Å². The standard InChI is InChI=1S/C4H9I.Al/c1-2-3-4-5;/h2-4H2,1H3;. The molecule has 0 aliphatic rings. The summed E-state index contributed by atoms with van der Waals surface area (Å²) in [6.07, 6.45) is 2.71. The second kappa shape index (κ2) is 9.55. The first-order valence-corrected chi connectivity index (χ1v) is 3.50. The van der Waals surface area contributed by atoms with E-state index in [1.807, 2.05) is 0 Å². The minimum Gasteiger partial charge on any atom is -0.0864 e. The van der Waals surface area contributed by atoms with Crippen molar-refractivity contribution in [2.75, 3.05) is 4.43 Å². The maximum atomic E-state index is 2.39. The summed E-state index contributed by atoms with van der Waals surface area (Å²) >= 11 is 2.39. The van der Waals surface area contributed by atoms with Crippen molar-refractivity contribution < 1.29 is 0 Å². The van der Waals surface area contributed by atoms with Crippen molar-refractivity contribution in [3.05, 3.63) is 0 Å². The van der Waals surface area contributed by atoms with Crippen LogP contribution in [0.4, 0.5) is 0 Å². The van der Waals surface area contributed by atoms with Gasteiger partial charge in [-0.25, -0.2) is 0 Å². The van der Waals surface area contributed by atoms with Crippen LogP contribution in [0.1, 0.15) is 19.8 Å². The summed E-state index contributed by atoms with van der Waals surface area (Å²) in [4.78, 5) is 0. The number of hydrogen-bond donors (Lipinski definition) is 0.